The lowest BCUT2D eigenvalue weighted by Crippen LogP contribution is -2.32. The quantitative estimate of drug-likeness (QED) is 0.829. The minimum Gasteiger partial charge on any atom is -0.459 e. The van der Waals surface area contributed by atoms with Crippen LogP contribution in [0.3, 0.4) is 0 Å². The van der Waals surface area contributed by atoms with E-state index in [1.165, 1.54) is 17.0 Å². The summed E-state index contributed by atoms with van der Waals surface area (Å²) in [6, 6.07) is 13.7. The first-order chi connectivity index (χ1) is 13.5. The Labute approximate surface area is 164 Å². The monoisotopic (exact) mass is 385 g/mol. The van der Waals surface area contributed by atoms with Crippen molar-refractivity contribution in [1.82, 2.24) is 4.90 Å². The van der Waals surface area contributed by atoms with Crippen molar-refractivity contribution in [3.05, 3.63) is 82.9 Å². The zero-order valence-corrected chi connectivity index (χ0v) is 16.0. The minimum absolute atomic E-state index is 0.00692. The number of hydrogen-bond donors (Lipinski definition) is 1. The number of halogens is 1. The van der Waals surface area contributed by atoms with Crippen LogP contribution >= 0.6 is 0 Å². The smallest absolute Gasteiger partial charge is 0.288 e. The van der Waals surface area contributed by atoms with Gasteiger partial charge in [-0.1, -0.05) is 36.4 Å². The predicted molar refractivity (Wildman–Crippen MR) is 103 cm³/mol. The van der Waals surface area contributed by atoms with Crippen LogP contribution < -0.4 is 0 Å². The van der Waals surface area contributed by atoms with Gasteiger partial charge in [-0.05, 0) is 34.9 Å². The van der Waals surface area contributed by atoms with E-state index in [1.54, 1.807) is 32.3 Å². The molecule has 1 amide bonds. The number of carbonyl (C=O) groups excluding carboxylic acids is 1. The molecule has 0 aromatic heterocycles. The summed E-state index contributed by atoms with van der Waals surface area (Å²) in [7, 11) is 3.32. The molecule has 0 radical (unpaired) electrons. The van der Waals surface area contributed by atoms with Crippen molar-refractivity contribution in [2.45, 2.75) is 31.8 Å². The van der Waals surface area contributed by atoms with Crippen molar-refractivity contribution in [3.63, 3.8) is 0 Å². The number of hydrogen-bond acceptors (Lipinski definition) is 4. The highest BCUT2D eigenvalue weighted by Crippen LogP contribution is 2.32. The molecule has 2 aromatic carbocycles. The van der Waals surface area contributed by atoms with E-state index >= 15 is 0 Å². The molecule has 148 valence electrons. The standard InChI is InChI=1S/C22H24FNO4/c1-24(2)22(26)20-11-18(17-7-9-19(23)10-8-17)12-21(28-20)27-14-16-5-3-15(13-25)4-6-16/h3-11,18,21,25H,12-14H2,1-2H3/t18-,21+/m1/s1. The topological polar surface area (TPSA) is 59.0 Å². The van der Waals surface area contributed by atoms with Crippen LogP contribution in [0, 0.1) is 5.82 Å². The van der Waals surface area contributed by atoms with Crippen LogP contribution in [-0.4, -0.2) is 36.3 Å². The molecule has 0 saturated heterocycles. The minimum atomic E-state index is -0.600. The molecule has 0 unspecified atom stereocenters. The summed E-state index contributed by atoms with van der Waals surface area (Å²) in [5, 5.41) is 9.13. The Hall–Kier alpha value is -2.70. The molecule has 1 aliphatic heterocycles. The summed E-state index contributed by atoms with van der Waals surface area (Å²) in [5.41, 5.74) is 2.67. The Morgan fingerprint density at radius 1 is 1.14 bits per heavy atom. The van der Waals surface area contributed by atoms with Crippen molar-refractivity contribution >= 4 is 5.91 Å². The molecule has 6 heteroatoms. The maximum atomic E-state index is 13.3. The van der Waals surface area contributed by atoms with Gasteiger partial charge < -0.3 is 19.5 Å². The molecule has 5 nitrogen and oxygen atoms in total. The molecule has 1 aliphatic rings. The van der Waals surface area contributed by atoms with Gasteiger partial charge in [0, 0.05) is 26.4 Å². The Bertz CT molecular complexity index is 831. The Kier molecular flexibility index (Phi) is 6.44. The first-order valence-electron chi connectivity index (χ1n) is 9.12. The molecule has 0 fully saturated rings. The van der Waals surface area contributed by atoms with Crippen molar-refractivity contribution in [2.24, 2.45) is 0 Å². The van der Waals surface area contributed by atoms with Gasteiger partial charge >= 0.3 is 0 Å². The molecule has 2 aromatic rings. The normalized spacial score (nSPS) is 18.9. The number of aliphatic hydroxyl groups is 1. The van der Waals surface area contributed by atoms with E-state index in [1.807, 2.05) is 24.3 Å². The molecule has 0 saturated carbocycles. The number of carbonyl (C=O) groups is 1. The molecular formula is C22H24FNO4. The fraction of sp³-hybridized carbons (Fsp3) is 0.318. The summed E-state index contributed by atoms with van der Waals surface area (Å²) >= 11 is 0. The third-order valence-electron chi connectivity index (χ3n) is 4.61. The summed E-state index contributed by atoms with van der Waals surface area (Å²) in [5.74, 6) is -0.433. The molecule has 1 N–H and O–H groups in total. The van der Waals surface area contributed by atoms with Crippen LogP contribution in [-0.2, 0) is 27.5 Å². The molecule has 28 heavy (non-hydrogen) atoms. The molecule has 3 rings (SSSR count). The van der Waals surface area contributed by atoms with Gasteiger partial charge in [-0.2, -0.15) is 0 Å². The molecule has 0 aliphatic carbocycles. The Balaban J connectivity index is 1.74. The van der Waals surface area contributed by atoms with Gasteiger partial charge in [-0.3, -0.25) is 4.79 Å². The van der Waals surface area contributed by atoms with Gasteiger partial charge in [-0.15, -0.1) is 0 Å². The van der Waals surface area contributed by atoms with Gasteiger partial charge in [0.1, 0.15) is 5.82 Å². The molecular weight excluding hydrogens is 361 g/mol. The van der Waals surface area contributed by atoms with Crippen molar-refractivity contribution < 1.29 is 23.8 Å². The van der Waals surface area contributed by atoms with Crippen LogP contribution in [0.1, 0.15) is 29.0 Å². The third-order valence-corrected chi connectivity index (χ3v) is 4.61. The summed E-state index contributed by atoms with van der Waals surface area (Å²) < 4.78 is 25.0. The van der Waals surface area contributed by atoms with Crippen molar-refractivity contribution in [3.8, 4) is 0 Å². The van der Waals surface area contributed by atoms with E-state index in [-0.39, 0.29) is 30.0 Å². The largest absolute Gasteiger partial charge is 0.459 e. The fourth-order valence-corrected chi connectivity index (χ4v) is 3.00. The maximum Gasteiger partial charge on any atom is 0.288 e. The fourth-order valence-electron chi connectivity index (χ4n) is 3.00. The first-order valence-corrected chi connectivity index (χ1v) is 9.12. The number of allylic oxidation sites excluding steroid dienone is 1. The zero-order chi connectivity index (χ0) is 20.1. The van der Waals surface area contributed by atoms with Gasteiger partial charge in [0.25, 0.3) is 5.91 Å². The van der Waals surface area contributed by atoms with Gasteiger partial charge in [-0.25, -0.2) is 4.39 Å². The van der Waals surface area contributed by atoms with E-state index in [0.717, 1.165) is 16.7 Å². The lowest BCUT2D eigenvalue weighted by Gasteiger charge is -2.30. The summed E-state index contributed by atoms with van der Waals surface area (Å²) in [6.07, 6.45) is 1.69. The highest BCUT2D eigenvalue weighted by atomic mass is 19.1. The van der Waals surface area contributed by atoms with E-state index in [9.17, 15) is 9.18 Å². The highest BCUT2D eigenvalue weighted by molar-refractivity contribution is 5.91. The number of nitrogens with zero attached hydrogens (tertiary/aromatic N) is 1. The third kappa shape index (κ3) is 4.97. The van der Waals surface area contributed by atoms with Gasteiger partial charge in [0.05, 0.1) is 13.2 Å². The lowest BCUT2D eigenvalue weighted by molar-refractivity contribution is -0.154. The van der Waals surface area contributed by atoms with Gasteiger partial charge in [0.15, 0.2) is 5.76 Å². The highest BCUT2D eigenvalue weighted by Gasteiger charge is 2.29. The molecule has 1 heterocycles. The van der Waals surface area contributed by atoms with Crippen LogP contribution in [0.2, 0.25) is 0 Å². The predicted octanol–water partition coefficient (Wildman–Crippen LogP) is 3.34. The van der Waals surface area contributed by atoms with Gasteiger partial charge in [0.2, 0.25) is 6.29 Å². The number of aliphatic hydroxyl groups excluding tert-OH is 1. The molecule has 2 atom stereocenters. The van der Waals surface area contributed by atoms with Crippen LogP contribution in [0.25, 0.3) is 0 Å². The number of rotatable bonds is 6. The van der Waals surface area contributed by atoms with E-state index in [0.29, 0.717) is 13.0 Å². The SMILES string of the molecule is CN(C)C(=O)C1=C[C@@H](c2ccc(F)cc2)C[C@@H](OCc2ccc(CO)cc2)O1. The Morgan fingerprint density at radius 3 is 2.39 bits per heavy atom. The maximum absolute atomic E-state index is 13.3. The average molecular weight is 385 g/mol. The summed E-state index contributed by atoms with van der Waals surface area (Å²) in [4.78, 5) is 13.9. The lowest BCUT2D eigenvalue weighted by atomic mass is 9.93. The number of benzene rings is 2. The van der Waals surface area contributed by atoms with Crippen LogP contribution in [0.4, 0.5) is 4.39 Å². The van der Waals surface area contributed by atoms with E-state index in [2.05, 4.69) is 0 Å². The molecule has 0 bridgehead atoms. The second-order valence-corrected chi connectivity index (χ2v) is 6.96. The average Bonchev–Trinajstić information content (AvgIpc) is 2.72. The zero-order valence-electron chi connectivity index (χ0n) is 16.0. The van der Waals surface area contributed by atoms with Crippen molar-refractivity contribution in [2.75, 3.05) is 14.1 Å². The van der Waals surface area contributed by atoms with Crippen LogP contribution in [0.5, 0.6) is 0 Å². The second kappa shape index (κ2) is 8.99. The van der Waals surface area contributed by atoms with Crippen LogP contribution in [0.15, 0.2) is 60.4 Å². The van der Waals surface area contributed by atoms with E-state index < -0.39 is 6.29 Å². The van der Waals surface area contributed by atoms with Crippen molar-refractivity contribution in [1.29, 1.82) is 0 Å². The second-order valence-electron chi connectivity index (χ2n) is 6.96. The Morgan fingerprint density at radius 2 is 1.79 bits per heavy atom. The summed E-state index contributed by atoms with van der Waals surface area (Å²) in [6.45, 7) is 0.309. The molecule has 0 spiro atoms. The number of amides is 1. The van der Waals surface area contributed by atoms with E-state index in [4.69, 9.17) is 14.6 Å². The number of ether oxygens (including phenoxy) is 2. The number of likely N-dealkylation sites (N-methyl/N-ethyl adjacent to an activating group) is 1. The first kappa shape index (κ1) is 20.0.